The molecule has 3 N–H and O–H groups in total. The van der Waals surface area contributed by atoms with Crippen molar-refractivity contribution in [2.24, 2.45) is 4.99 Å². The second kappa shape index (κ2) is 9.50. The van der Waals surface area contributed by atoms with Gasteiger partial charge in [0.15, 0.2) is 5.96 Å². The number of aryl methyl sites for hydroxylation is 1. The number of hydrogen-bond donors (Lipinski definition) is 3. The van der Waals surface area contributed by atoms with Gasteiger partial charge in [0.2, 0.25) is 0 Å². The highest BCUT2D eigenvalue weighted by molar-refractivity contribution is 7.98. The summed E-state index contributed by atoms with van der Waals surface area (Å²) in [5.41, 5.74) is 3.87. The van der Waals surface area contributed by atoms with Crippen molar-refractivity contribution in [1.29, 1.82) is 0 Å². The van der Waals surface area contributed by atoms with Crippen molar-refractivity contribution < 1.29 is 0 Å². The number of aliphatic imine (C=N–C) groups is 1. The third-order valence-corrected chi connectivity index (χ3v) is 4.51. The number of para-hydroxylation sites is 1. The zero-order valence-corrected chi connectivity index (χ0v) is 15.2. The van der Waals surface area contributed by atoms with Crippen LogP contribution >= 0.6 is 11.8 Å². The summed E-state index contributed by atoms with van der Waals surface area (Å²) in [7, 11) is 0. The summed E-state index contributed by atoms with van der Waals surface area (Å²) in [6, 6.07) is 8.50. The van der Waals surface area contributed by atoms with Crippen LogP contribution in [0.4, 0.5) is 0 Å². The average Bonchev–Trinajstić information content (AvgIpc) is 2.87. The summed E-state index contributed by atoms with van der Waals surface area (Å²) >= 11 is 1.87. The van der Waals surface area contributed by atoms with Gasteiger partial charge in [0.05, 0.1) is 0 Å². The van der Waals surface area contributed by atoms with Gasteiger partial charge in [0, 0.05) is 36.2 Å². The number of nitrogens with zero attached hydrogens (tertiary/aromatic N) is 1. The zero-order chi connectivity index (χ0) is 16.5. The lowest BCUT2D eigenvalue weighted by Crippen LogP contribution is -2.38. The summed E-state index contributed by atoms with van der Waals surface area (Å²) in [5.74, 6) is 2.09. The van der Waals surface area contributed by atoms with Crippen molar-refractivity contribution in [2.75, 3.05) is 31.6 Å². The fourth-order valence-corrected chi connectivity index (χ4v) is 3.12. The van der Waals surface area contributed by atoms with Gasteiger partial charge in [-0.05, 0) is 50.3 Å². The smallest absolute Gasteiger partial charge is 0.191 e. The van der Waals surface area contributed by atoms with E-state index in [2.05, 4.69) is 65.0 Å². The quantitative estimate of drug-likeness (QED) is 0.395. The van der Waals surface area contributed by atoms with Crippen molar-refractivity contribution in [1.82, 2.24) is 15.6 Å². The molecular formula is C18H28N4S. The molecule has 4 nitrogen and oxygen atoms in total. The molecule has 5 heteroatoms. The maximum atomic E-state index is 4.63. The lowest BCUT2D eigenvalue weighted by molar-refractivity contribution is 0.794. The van der Waals surface area contributed by atoms with E-state index in [1.54, 1.807) is 0 Å². The van der Waals surface area contributed by atoms with Gasteiger partial charge in [0.25, 0.3) is 0 Å². The van der Waals surface area contributed by atoms with Crippen molar-refractivity contribution >= 4 is 28.6 Å². The van der Waals surface area contributed by atoms with E-state index in [1.807, 2.05) is 11.8 Å². The number of benzene rings is 1. The molecule has 0 amide bonds. The van der Waals surface area contributed by atoms with Gasteiger partial charge in [-0.2, -0.15) is 11.8 Å². The van der Waals surface area contributed by atoms with Crippen LogP contribution in [0.2, 0.25) is 0 Å². The van der Waals surface area contributed by atoms with Gasteiger partial charge < -0.3 is 15.6 Å². The Kier molecular flexibility index (Phi) is 7.33. The molecule has 0 saturated carbocycles. The number of thioether (sulfide) groups is 1. The third kappa shape index (κ3) is 5.20. The van der Waals surface area contributed by atoms with E-state index in [1.165, 1.54) is 22.2 Å². The molecule has 0 bridgehead atoms. The first-order valence-electron chi connectivity index (χ1n) is 8.33. The fourth-order valence-electron chi connectivity index (χ4n) is 2.70. The normalized spacial score (nSPS) is 11.9. The molecule has 0 aliphatic heterocycles. The van der Waals surface area contributed by atoms with Crippen LogP contribution in [0, 0.1) is 6.92 Å². The summed E-state index contributed by atoms with van der Waals surface area (Å²) in [6.07, 6.45) is 4.25. The first kappa shape index (κ1) is 17.7. The first-order valence-corrected chi connectivity index (χ1v) is 9.73. The second-order valence-corrected chi connectivity index (χ2v) is 6.54. The predicted molar refractivity (Wildman–Crippen MR) is 104 cm³/mol. The van der Waals surface area contributed by atoms with Crippen LogP contribution in [-0.4, -0.2) is 42.6 Å². The van der Waals surface area contributed by atoms with Gasteiger partial charge in [-0.15, -0.1) is 0 Å². The largest absolute Gasteiger partial charge is 0.358 e. The molecule has 126 valence electrons. The van der Waals surface area contributed by atoms with E-state index in [0.717, 1.165) is 44.2 Å². The number of fused-ring (bicyclic) bond motifs is 1. The minimum absolute atomic E-state index is 0.877. The van der Waals surface area contributed by atoms with Crippen LogP contribution in [-0.2, 0) is 6.42 Å². The summed E-state index contributed by atoms with van der Waals surface area (Å²) < 4.78 is 0. The van der Waals surface area contributed by atoms with Crippen molar-refractivity contribution in [3.05, 3.63) is 35.5 Å². The molecule has 1 aromatic heterocycles. The molecular weight excluding hydrogens is 304 g/mol. The Labute approximate surface area is 143 Å². The Bertz CT molecular complexity index is 633. The van der Waals surface area contributed by atoms with Gasteiger partial charge in [-0.25, -0.2) is 0 Å². The number of aromatic nitrogens is 1. The molecule has 1 aromatic carbocycles. The molecule has 0 aliphatic carbocycles. The summed E-state index contributed by atoms with van der Waals surface area (Å²) in [4.78, 5) is 8.09. The number of hydrogen-bond acceptors (Lipinski definition) is 2. The highest BCUT2D eigenvalue weighted by atomic mass is 32.2. The Morgan fingerprint density at radius 1 is 1.26 bits per heavy atom. The predicted octanol–water partition coefficient (Wildman–Crippen LogP) is 3.33. The minimum atomic E-state index is 0.877. The number of H-pyrrole nitrogens is 1. The van der Waals surface area contributed by atoms with Crippen LogP contribution < -0.4 is 10.6 Å². The van der Waals surface area contributed by atoms with Gasteiger partial charge in [-0.1, -0.05) is 18.2 Å². The van der Waals surface area contributed by atoms with Crippen molar-refractivity contribution in [3.63, 3.8) is 0 Å². The standard InChI is InChI=1S/C18H28N4S/c1-4-19-18(20-11-7-13-23-3)21-12-10-15-14(2)22-17-9-6-5-8-16(15)17/h5-6,8-9,22H,4,7,10-13H2,1-3H3,(H2,19,20,21). The third-order valence-electron chi connectivity index (χ3n) is 3.82. The molecule has 0 fully saturated rings. The van der Waals surface area contributed by atoms with Crippen LogP contribution in [0.3, 0.4) is 0 Å². The molecule has 2 rings (SSSR count). The Morgan fingerprint density at radius 3 is 2.87 bits per heavy atom. The molecule has 1 heterocycles. The summed E-state index contributed by atoms with van der Waals surface area (Å²) in [5, 5.41) is 8.09. The number of aromatic amines is 1. The van der Waals surface area contributed by atoms with E-state index in [9.17, 15) is 0 Å². The van der Waals surface area contributed by atoms with Crippen LogP contribution in [0.1, 0.15) is 24.6 Å². The summed E-state index contributed by atoms with van der Waals surface area (Å²) in [6.45, 7) is 6.90. The van der Waals surface area contributed by atoms with Gasteiger partial charge in [-0.3, -0.25) is 4.99 Å². The van der Waals surface area contributed by atoms with Gasteiger partial charge in [0.1, 0.15) is 0 Å². The lowest BCUT2D eigenvalue weighted by atomic mass is 10.1. The average molecular weight is 333 g/mol. The monoisotopic (exact) mass is 332 g/mol. The van der Waals surface area contributed by atoms with Gasteiger partial charge >= 0.3 is 0 Å². The first-order chi connectivity index (χ1) is 11.3. The molecule has 0 unspecified atom stereocenters. The molecule has 23 heavy (non-hydrogen) atoms. The molecule has 0 atom stereocenters. The van der Waals surface area contributed by atoms with E-state index in [-0.39, 0.29) is 0 Å². The van der Waals surface area contributed by atoms with E-state index < -0.39 is 0 Å². The minimum Gasteiger partial charge on any atom is -0.358 e. The number of nitrogens with one attached hydrogen (secondary N) is 3. The number of rotatable bonds is 8. The zero-order valence-electron chi connectivity index (χ0n) is 14.4. The van der Waals surface area contributed by atoms with Crippen LogP contribution in [0.15, 0.2) is 29.3 Å². The molecule has 2 aromatic rings. The Morgan fingerprint density at radius 2 is 2.09 bits per heavy atom. The maximum Gasteiger partial charge on any atom is 0.191 e. The Balaban J connectivity index is 1.91. The van der Waals surface area contributed by atoms with Crippen LogP contribution in [0.5, 0.6) is 0 Å². The van der Waals surface area contributed by atoms with Crippen LogP contribution in [0.25, 0.3) is 10.9 Å². The van der Waals surface area contributed by atoms with E-state index in [4.69, 9.17) is 0 Å². The van der Waals surface area contributed by atoms with E-state index in [0.29, 0.717) is 0 Å². The number of guanidine groups is 1. The van der Waals surface area contributed by atoms with E-state index >= 15 is 0 Å². The molecule has 0 radical (unpaired) electrons. The topological polar surface area (TPSA) is 52.2 Å². The van der Waals surface area contributed by atoms with Crippen molar-refractivity contribution in [3.8, 4) is 0 Å². The van der Waals surface area contributed by atoms with Crippen molar-refractivity contribution in [2.45, 2.75) is 26.7 Å². The fraction of sp³-hybridized carbons (Fsp3) is 0.500. The second-order valence-electron chi connectivity index (χ2n) is 5.56. The molecule has 0 aliphatic rings. The Hall–Kier alpha value is -1.62. The lowest BCUT2D eigenvalue weighted by Gasteiger charge is -2.11. The SMILES string of the molecule is CCNC(=NCCCSC)NCCc1c(C)[nH]c2ccccc12. The molecule has 0 spiro atoms. The highest BCUT2D eigenvalue weighted by Crippen LogP contribution is 2.21. The highest BCUT2D eigenvalue weighted by Gasteiger charge is 2.07. The maximum absolute atomic E-state index is 4.63. The molecule has 0 saturated heterocycles.